The third kappa shape index (κ3) is 2.90. The summed E-state index contributed by atoms with van der Waals surface area (Å²) in [4.78, 5) is 31.1. The molecule has 0 saturated heterocycles. The van der Waals surface area contributed by atoms with Gasteiger partial charge in [-0.25, -0.2) is 9.78 Å². The second-order valence-electron chi connectivity index (χ2n) is 8.35. The molecule has 4 heterocycles. The second-order valence-corrected chi connectivity index (χ2v) is 8.35. The first-order valence-electron chi connectivity index (χ1n) is 11.2. The molecule has 2 aliphatic rings. The highest BCUT2D eigenvalue weighted by molar-refractivity contribution is 5.90. The van der Waals surface area contributed by atoms with Crippen molar-refractivity contribution < 1.29 is 24.1 Å². The molecule has 1 atom stereocenters. The van der Waals surface area contributed by atoms with Crippen LogP contribution in [0.5, 0.6) is 11.5 Å². The number of aliphatic hydroxyl groups is 1. The maximum absolute atomic E-state index is 13.5. The van der Waals surface area contributed by atoms with E-state index in [-0.39, 0.29) is 29.7 Å². The Kier molecular flexibility index (Phi) is 4.93. The molecule has 172 valence electrons. The van der Waals surface area contributed by atoms with Gasteiger partial charge in [-0.3, -0.25) is 9.36 Å². The molecule has 2 aromatic heterocycles. The van der Waals surface area contributed by atoms with Gasteiger partial charge in [0.05, 0.1) is 42.6 Å². The van der Waals surface area contributed by atoms with Gasteiger partial charge in [-0.1, -0.05) is 13.8 Å². The smallest absolute Gasteiger partial charge is 0.343 e. The van der Waals surface area contributed by atoms with Gasteiger partial charge in [0, 0.05) is 10.9 Å². The molecule has 5 rings (SSSR count). The Morgan fingerprint density at radius 1 is 1.21 bits per heavy atom. The monoisotopic (exact) mass is 450 g/mol. The number of hydrogen-bond donors (Lipinski definition) is 1. The normalized spacial score (nSPS) is 18.5. The molecule has 1 aromatic carbocycles. The lowest BCUT2D eigenvalue weighted by Crippen LogP contribution is -2.45. The van der Waals surface area contributed by atoms with Gasteiger partial charge >= 0.3 is 5.97 Å². The number of benzene rings is 1. The van der Waals surface area contributed by atoms with Crippen molar-refractivity contribution in [1.29, 1.82) is 0 Å². The van der Waals surface area contributed by atoms with E-state index in [4.69, 9.17) is 19.2 Å². The number of fused-ring (bicyclic) bond motifs is 5. The number of methoxy groups -OCH3 is 1. The minimum Gasteiger partial charge on any atom is -0.497 e. The van der Waals surface area contributed by atoms with Gasteiger partial charge in [-0.15, -0.1) is 0 Å². The number of aryl methyl sites for hydroxylation is 1. The Morgan fingerprint density at radius 2 is 2.00 bits per heavy atom. The molecular formula is C25H26N2O6. The zero-order valence-corrected chi connectivity index (χ0v) is 19.2. The molecule has 8 nitrogen and oxygen atoms in total. The minimum absolute atomic E-state index is 0.0551. The van der Waals surface area contributed by atoms with Gasteiger partial charge in [-0.2, -0.15) is 0 Å². The van der Waals surface area contributed by atoms with Crippen LogP contribution in [-0.2, 0) is 34.7 Å². The van der Waals surface area contributed by atoms with Crippen LogP contribution in [0.1, 0.15) is 49.4 Å². The van der Waals surface area contributed by atoms with Crippen LogP contribution in [0.4, 0.5) is 0 Å². The van der Waals surface area contributed by atoms with E-state index >= 15 is 0 Å². The third-order valence-corrected chi connectivity index (χ3v) is 6.64. The minimum atomic E-state index is -1.95. The molecule has 0 bridgehead atoms. The molecule has 0 fully saturated rings. The van der Waals surface area contributed by atoms with Crippen LogP contribution in [0.25, 0.3) is 22.3 Å². The highest BCUT2D eigenvalue weighted by atomic mass is 16.6. The lowest BCUT2D eigenvalue weighted by molar-refractivity contribution is -0.172. The largest absolute Gasteiger partial charge is 0.497 e. The summed E-state index contributed by atoms with van der Waals surface area (Å²) in [5, 5.41) is 12.2. The number of rotatable bonds is 5. The van der Waals surface area contributed by atoms with Gasteiger partial charge in [0.15, 0.2) is 11.4 Å². The van der Waals surface area contributed by atoms with Crippen LogP contribution in [0.2, 0.25) is 0 Å². The Bertz CT molecular complexity index is 1380. The average molecular weight is 450 g/mol. The van der Waals surface area contributed by atoms with Crippen molar-refractivity contribution in [3.63, 3.8) is 0 Å². The maximum Gasteiger partial charge on any atom is 0.343 e. The highest BCUT2D eigenvalue weighted by Crippen LogP contribution is 2.47. The van der Waals surface area contributed by atoms with Gasteiger partial charge in [0.2, 0.25) is 0 Å². The first-order chi connectivity index (χ1) is 15.9. The van der Waals surface area contributed by atoms with Crippen LogP contribution in [-0.4, -0.2) is 34.3 Å². The quantitative estimate of drug-likeness (QED) is 0.467. The maximum atomic E-state index is 13.5. The molecule has 0 spiro atoms. The molecule has 0 aliphatic carbocycles. The SMILES string of the molecule is CCOc1c2c(c(=O)n3c1-c1nc4c(CC)cc(OC)cc4cc1C3)COC(=O)[C@]2(O)CC. The summed E-state index contributed by atoms with van der Waals surface area (Å²) < 4.78 is 18.3. The standard InChI is InChI=1S/C25H26N2O6/c1-5-13-9-16(31-4)10-14-8-15-11-27-21(20(15)26-19(13)14)22(32-7-3)18-17(23(27)28)12-33-24(29)25(18,30)6-2/h8-10,30H,5-7,11-12H2,1-4H3/t25-/m0/s1. The van der Waals surface area contributed by atoms with E-state index in [0.717, 1.165) is 34.2 Å². The van der Waals surface area contributed by atoms with E-state index in [1.54, 1.807) is 18.6 Å². The van der Waals surface area contributed by atoms with Crippen LogP contribution in [0, 0.1) is 0 Å². The molecular weight excluding hydrogens is 424 g/mol. The summed E-state index contributed by atoms with van der Waals surface area (Å²) in [6, 6.07) is 5.92. The van der Waals surface area contributed by atoms with E-state index in [1.165, 1.54) is 0 Å². The van der Waals surface area contributed by atoms with Crippen LogP contribution in [0.15, 0.2) is 23.0 Å². The molecule has 33 heavy (non-hydrogen) atoms. The van der Waals surface area contributed by atoms with E-state index < -0.39 is 11.6 Å². The van der Waals surface area contributed by atoms with Crippen molar-refractivity contribution in [3.05, 3.63) is 50.8 Å². The topological polar surface area (TPSA) is 99.9 Å². The number of cyclic esters (lactones) is 1. The van der Waals surface area contributed by atoms with E-state index in [1.807, 2.05) is 25.1 Å². The molecule has 0 unspecified atom stereocenters. The summed E-state index contributed by atoms with van der Waals surface area (Å²) in [7, 11) is 1.63. The van der Waals surface area contributed by atoms with Gasteiger partial charge in [0.25, 0.3) is 5.56 Å². The number of carbonyl (C=O) groups excluding carboxylic acids is 1. The first kappa shape index (κ1) is 21.5. The first-order valence-corrected chi connectivity index (χ1v) is 11.2. The van der Waals surface area contributed by atoms with Crippen molar-refractivity contribution in [1.82, 2.24) is 9.55 Å². The van der Waals surface area contributed by atoms with Crippen molar-refractivity contribution in [2.24, 2.45) is 0 Å². The van der Waals surface area contributed by atoms with E-state index in [2.05, 4.69) is 6.92 Å². The number of ether oxygens (including phenoxy) is 3. The molecule has 2 aliphatic heterocycles. The van der Waals surface area contributed by atoms with Gasteiger partial charge < -0.3 is 19.3 Å². The molecule has 1 N–H and O–H groups in total. The summed E-state index contributed by atoms with van der Waals surface area (Å²) in [6.45, 7) is 5.97. The molecule has 0 saturated carbocycles. The molecule has 0 radical (unpaired) electrons. The molecule has 0 amide bonds. The zero-order valence-electron chi connectivity index (χ0n) is 19.2. The van der Waals surface area contributed by atoms with Crippen molar-refractivity contribution in [2.75, 3.05) is 13.7 Å². The fourth-order valence-corrected chi connectivity index (χ4v) is 4.93. The third-order valence-electron chi connectivity index (χ3n) is 6.64. The fraction of sp³-hybridized carbons (Fsp3) is 0.400. The van der Waals surface area contributed by atoms with Crippen LogP contribution < -0.4 is 15.0 Å². The Morgan fingerprint density at radius 3 is 2.67 bits per heavy atom. The number of nitrogens with zero attached hydrogens (tertiary/aromatic N) is 2. The highest BCUT2D eigenvalue weighted by Gasteiger charge is 2.48. The number of hydrogen-bond acceptors (Lipinski definition) is 7. The lowest BCUT2D eigenvalue weighted by Gasteiger charge is -2.33. The van der Waals surface area contributed by atoms with Crippen molar-refractivity contribution >= 4 is 16.9 Å². The Hall–Kier alpha value is -3.39. The van der Waals surface area contributed by atoms with Crippen molar-refractivity contribution in [2.45, 2.75) is 52.4 Å². The van der Waals surface area contributed by atoms with E-state index in [9.17, 15) is 14.7 Å². The summed E-state index contributed by atoms with van der Waals surface area (Å²) in [5.41, 5.74) is 2.04. The summed E-state index contributed by atoms with van der Waals surface area (Å²) in [5.74, 6) is 0.307. The fourth-order valence-electron chi connectivity index (χ4n) is 4.93. The number of carbonyl (C=O) groups is 1. The van der Waals surface area contributed by atoms with Crippen LogP contribution >= 0.6 is 0 Å². The summed E-state index contributed by atoms with van der Waals surface area (Å²) in [6.07, 6.45) is 0.815. The molecule has 8 heteroatoms. The predicted octanol–water partition coefficient (Wildman–Crippen LogP) is 3.05. The number of aromatic nitrogens is 2. The Labute approximate surface area is 190 Å². The zero-order chi connectivity index (χ0) is 23.5. The predicted molar refractivity (Wildman–Crippen MR) is 122 cm³/mol. The van der Waals surface area contributed by atoms with Crippen molar-refractivity contribution in [3.8, 4) is 22.9 Å². The number of esters is 1. The van der Waals surface area contributed by atoms with Crippen LogP contribution in [0.3, 0.4) is 0 Å². The average Bonchev–Trinajstić information content (AvgIpc) is 3.20. The second kappa shape index (κ2) is 7.59. The van der Waals surface area contributed by atoms with Gasteiger partial charge in [-0.05, 0) is 43.5 Å². The van der Waals surface area contributed by atoms with E-state index in [0.29, 0.717) is 30.3 Å². The lowest BCUT2D eigenvalue weighted by atomic mass is 9.85. The number of pyridine rings is 2. The molecule has 3 aromatic rings. The van der Waals surface area contributed by atoms with Gasteiger partial charge in [0.1, 0.15) is 18.1 Å². The Balaban J connectivity index is 1.87. The summed E-state index contributed by atoms with van der Waals surface area (Å²) >= 11 is 0.